The zero-order chi connectivity index (χ0) is 15.5. The molecule has 2 atom stereocenters. The average molecular weight is 286 g/mol. The molecule has 1 fully saturated rings. The Bertz CT molecular complexity index is 499. The van der Waals surface area contributed by atoms with Crippen molar-refractivity contribution in [2.75, 3.05) is 6.61 Å². The highest BCUT2D eigenvalue weighted by atomic mass is 16.5. The van der Waals surface area contributed by atoms with Crippen LogP contribution in [0.1, 0.15) is 45.2 Å². The smallest absolute Gasteiger partial charge is 0.0991 e. The third-order valence-corrected chi connectivity index (χ3v) is 4.44. The minimum absolute atomic E-state index is 0.182. The number of nitriles is 1. The van der Waals surface area contributed by atoms with Crippen LogP contribution in [-0.2, 0) is 11.3 Å². The maximum atomic E-state index is 8.80. The van der Waals surface area contributed by atoms with E-state index in [0.29, 0.717) is 23.6 Å². The molecule has 0 amide bonds. The lowest BCUT2D eigenvalue weighted by Gasteiger charge is -2.52. The van der Waals surface area contributed by atoms with E-state index in [2.05, 4.69) is 39.1 Å². The van der Waals surface area contributed by atoms with Gasteiger partial charge in [0.25, 0.3) is 0 Å². The van der Waals surface area contributed by atoms with E-state index < -0.39 is 0 Å². The van der Waals surface area contributed by atoms with E-state index in [9.17, 15) is 0 Å². The molecular weight excluding hydrogens is 260 g/mol. The third-order valence-electron chi connectivity index (χ3n) is 4.44. The summed E-state index contributed by atoms with van der Waals surface area (Å²) in [7, 11) is 0. The molecule has 1 aliphatic rings. The van der Waals surface area contributed by atoms with Gasteiger partial charge in [-0.2, -0.15) is 5.26 Å². The molecule has 0 heterocycles. The van der Waals surface area contributed by atoms with Crippen LogP contribution < -0.4 is 5.32 Å². The van der Waals surface area contributed by atoms with Gasteiger partial charge in [-0.25, -0.2) is 0 Å². The number of rotatable bonds is 6. The van der Waals surface area contributed by atoms with Crippen molar-refractivity contribution in [1.82, 2.24) is 5.32 Å². The Morgan fingerprint density at radius 2 is 2.00 bits per heavy atom. The molecule has 2 unspecified atom stereocenters. The first-order chi connectivity index (χ1) is 9.93. The van der Waals surface area contributed by atoms with Crippen LogP contribution in [-0.4, -0.2) is 18.8 Å². The van der Waals surface area contributed by atoms with Gasteiger partial charge in [0.15, 0.2) is 0 Å². The van der Waals surface area contributed by atoms with E-state index >= 15 is 0 Å². The molecule has 1 aliphatic carbocycles. The topological polar surface area (TPSA) is 45.0 Å². The van der Waals surface area contributed by atoms with Crippen LogP contribution in [0.5, 0.6) is 0 Å². The predicted octanol–water partition coefficient (Wildman–Crippen LogP) is 3.49. The van der Waals surface area contributed by atoms with E-state index in [1.54, 1.807) is 0 Å². The Kier molecular flexibility index (Phi) is 5.03. The summed E-state index contributed by atoms with van der Waals surface area (Å²) in [6, 6.07) is 10.4. The summed E-state index contributed by atoms with van der Waals surface area (Å²) in [6.45, 7) is 10.6. The van der Waals surface area contributed by atoms with Gasteiger partial charge in [-0.3, -0.25) is 0 Å². The number of benzene rings is 1. The van der Waals surface area contributed by atoms with Gasteiger partial charge in [-0.05, 0) is 30.0 Å². The van der Waals surface area contributed by atoms with Crippen LogP contribution in [0.2, 0.25) is 0 Å². The standard InChI is InChI=1S/C18H26N2O/c1-13(2)12-21-17-9-16(18(17,3)4)20-11-15-7-5-14(10-19)6-8-15/h5-8,13,16-17,20H,9,11-12H2,1-4H3. The molecule has 0 aromatic heterocycles. The van der Waals surface area contributed by atoms with Crippen LogP contribution in [0.4, 0.5) is 0 Å². The first kappa shape index (κ1) is 16.0. The Morgan fingerprint density at radius 1 is 1.33 bits per heavy atom. The highest BCUT2D eigenvalue weighted by Gasteiger charge is 2.48. The van der Waals surface area contributed by atoms with Crippen LogP contribution in [0, 0.1) is 22.7 Å². The van der Waals surface area contributed by atoms with Crippen LogP contribution in [0.15, 0.2) is 24.3 Å². The van der Waals surface area contributed by atoms with Crippen LogP contribution in [0.25, 0.3) is 0 Å². The fraction of sp³-hybridized carbons (Fsp3) is 0.611. The normalized spacial score (nSPS) is 23.6. The molecule has 0 bridgehead atoms. The predicted molar refractivity (Wildman–Crippen MR) is 84.8 cm³/mol. The van der Waals surface area contributed by atoms with E-state index in [1.807, 2.05) is 24.3 Å². The van der Waals surface area contributed by atoms with Crippen molar-refractivity contribution < 1.29 is 4.74 Å². The van der Waals surface area contributed by atoms with Crippen LogP contribution in [0.3, 0.4) is 0 Å². The number of hydrogen-bond acceptors (Lipinski definition) is 3. The molecule has 1 aromatic rings. The van der Waals surface area contributed by atoms with Gasteiger partial charge in [0.2, 0.25) is 0 Å². The summed E-state index contributed by atoms with van der Waals surface area (Å²) in [4.78, 5) is 0. The van der Waals surface area contributed by atoms with Gasteiger partial charge in [0.1, 0.15) is 0 Å². The number of nitrogens with zero attached hydrogens (tertiary/aromatic N) is 1. The fourth-order valence-electron chi connectivity index (χ4n) is 2.76. The molecule has 2 rings (SSSR count). The molecule has 0 saturated heterocycles. The number of hydrogen-bond donors (Lipinski definition) is 1. The van der Waals surface area contributed by atoms with Crippen molar-refractivity contribution >= 4 is 0 Å². The monoisotopic (exact) mass is 286 g/mol. The zero-order valence-corrected chi connectivity index (χ0v) is 13.5. The van der Waals surface area contributed by atoms with Crippen molar-refractivity contribution in [2.45, 2.75) is 52.8 Å². The molecule has 0 spiro atoms. The summed E-state index contributed by atoms with van der Waals surface area (Å²) in [5.74, 6) is 0.589. The van der Waals surface area contributed by atoms with Crippen molar-refractivity contribution in [2.24, 2.45) is 11.3 Å². The lowest BCUT2D eigenvalue weighted by Crippen LogP contribution is -2.60. The largest absolute Gasteiger partial charge is 0.377 e. The Labute approximate surface area is 128 Å². The van der Waals surface area contributed by atoms with Crippen molar-refractivity contribution in [3.8, 4) is 6.07 Å². The second-order valence-electron chi connectivity index (χ2n) is 7.02. The van der Waals surface area contributed by atoms with Gasteiger partial charge < -0.3 is 10.1 Å². The third kappa shape index (κ3) is 3.84. The summed E-state index contributed by atoms with van der Waals surface area (Å²) in [6.07, 6.45) is 1.44. The minimum Gasteiger partial charge on any atom is -0.377 e. The number of nitrogens with one attached hydrogen (secondary N) is 1. The second kappa shape index (κ2) is 6.60. The average Bonchev–Trinajstić information content (AvgIpc) is 2.46. The second-order valence-corrected chi connectivity index (χ2v) is 7.02. The molecule has 114 valence electrons. The number of ether oxygens (including phenoxy) is 1. The molecule has 21 heavy (non-hydrogen) atoms. The van der Waals surface area contributed by atoms with Gasteiger partial charge in [0, 0.05) is 24.6 Å². The van der Waals surface area contributed by atoms with Crippen molar-refractivity contribution in [1.29, 1.82) is 5.26 Å². The lowest BCUT2D eigenvalue weighted by molar-refractivity contribution is -0.124. The Hall–Kier alpha value is -1.37. The van der Waals surface area contributed by atoms with Gasteiger partial charge in [-0.15, -0.1) is 0 Å². The van der Waals surface area contributed by atoms with Gasteiger partial charge in [0.05, 0.1) is 17.7 Å². The summed E-state index contributed by atoms with van der Waals surface area (Å²) in [5, 5.41) is 12.4. The first-order valence-electron chi connectivity index (χ1n) is 7.77. The molecule has 0 aliphatic heterocycles. The van der Waals surface area contributed by atoms with E-state index in [0.717, 1.165) is 19.6 Å². The molecular formula is C18H26N2O. The zero-order valence-electron chi connectivity index (χ0n) is 13.5. The van der Waals surface area contributed by atoms with Crippen LogP contribution >= 0.6 is 0 Å². The minimum atomic E-state index is 0.182. The van der Waals surface area contributed by atoms with E-state index in [4.69, 9.17) is 10.00 Å². The van der Waals surface area contributed by atoms with Crippen molar-refractivity contribution in [3.63, 3.8) is 0 Å². The molecule has 3 heteroatoms. The highest BCUT2D eigenvalue weighted by molar-refractivity contribution is 5.31. The molecule has 1 N–H and O–H groups in total. The quantitative estimate of drug-likeness (QED) is 0.870. The summed E-state index contributed by atoms with van der Waals surface area (Å²) < 4.78 is 5.99. The molecule has 3 nitrogen and oxygen atoms in total. The van der Waals surface area contributed by atoms with E-state index in [-0.39, 0.29) is 5.41 Å². The molecule has 1 aromatic carbocycles. The Balaban J connectivity index is 1.80. The maximum Gasteiger partial charge on any atom is 0.0991 e. The maximum absolute atomic E-state index is 8.80. The van der Waals surface area contributed by atoms with Gasteiger partial charge in [-0.1, -0.05) is 39.8 Å². The first-order valence-corrected chi connectivity index (χ1v) is 7.77. The fourth-order valence-corrected chi connectivity index (χ4v) is 2.76. The highest BCUT2D eigenvalue weighted by Crippen LogP contribution is 2.43. The molecule has 1 saturated carbocycles. The lowest BCUT2D eigenvalue weighted by atomic mass is 9.64. The SMILES string of the molecule is CC(C)COC1CC(NCc2ccc(C#N)cc2)C1(C)C. The molecule has 0 radical (unpaired) electrons. The Morgan fingerprint density at radius 3 is 2.52 bits per heavy atom. The summed E-state index contributed by atoms with van der Waals surface area (Å²) in [5.41, 5.74) is 2.11. The van der Waals surface area contributed by atoms with Crippen molar-refractivity contribution in [3.05, 3.63) is 35.4 Å². The summed E-state index contributed by atoms with van der Waals surface area (Å²) >= 11 is 0. The van der Waals surface area contributed by atoms with Gasteiger partial charge >= 0.3 is 0 Å². The van der Waals surface area contributed by atoms with E-state index in [1.165, 1.54) is 5.56 Å².